The lowest BCUT2D eigenvalue weighted by atomic mass is 10.1. The fraction of sp³-hybridized carbons (Fsp3) is 0.125. The van der Waals surface area contributed by atoms with E-state index in [1.807, 2.05) is 5.43 Å². The first-order valence-corrected chi connectivity index (χ1v) is 8.27. The van der Waals surface area contributed by atoms with E-state index in [0.717, 1.165) is 17.0 Å². The highest BCUT2D eigenvalue weighted by Crippen LogP contribution is 2.31. The zero-order chi connectivity index (χ0) is 18.4. The summed E-state index contributed by atoms with van der Waals surface area (Å²) in [4.78, 5) is 24.4. The first-order chi connectivity index (χ1) is 11.8. The van der Waals surface area contributed by atoms with E-state index in [4.69, 9.17) is 11.6 Å². The lowest BCUT2D eigenvalue weighted by Crippen LogP contribution is -2.43. The van der Waals surface area contributed by atoms with Crippen molar-refractivity contribution in [2.24, 2.45) is 0 Å². The average Bonchev–Trinajstić information content (AvgIpc) is 2.58. The summed E-state index contributed by atoms with van der Waals surface area (Å²) in [6.45, 7) is 0. The van der Waals surface area contributed by atoms with Crippen LogP contribution in [0.1, 0.15) is 15.9 Å². The van der Waals surface area contributed by atoms with Crippen molar-refractivity contribution in [3.8, 4) is 0 Å². The molecular formula is C16H12ClF3N2O2S. The summed E-state index contributed by atoms with van der Waals surface area (Å²) < 4.78 is 38.6. The van der Waals surface area contributed by atoms with E-state index in [1.165, 1.54) is 23.9 Å². The van der Waals surface area contributed by atoms with Gasteiger partial charge in [-0.25, -0.2) is 0 Å². The number of hydrazine groups is 1. The number of rotatable bonds is 4. The molecule has 2 rings (SSSR count). The van der Waals surface area contributed by atoms with Gasteiger partial charge in [0, 0.05) is 9.92 Å². The fourth-order valence-corrected chi connectivity index (χ4v) is 2.66. The molecule has 0 aliphatic heterocycles. The van der Waals surface area contributed by atoms with Crippen molar-refractivity contribution < 1.29 is 22.8 Å². The number of carbonyl (C=O) groups is 2. The van der Waals surface area contributed by atoms with E-state index in [-0.39, 0.29) is 5.75 Å². The predicted octanol–water partition coefficient (Wildman–Crippen LogP) is 3.91. The number of halogens is 4. The van der Waals surface area contributed by atoms with Gasteiger partial charge in [-0.15, -0.1) is 11.8 Å². The van der Waals surface area contributed by atoms with Crippen LogP contribution in [0.5, 0.6) is 0 Å². The van der Waals surface area contributed by atoms with Crippen molar-refractivity contribution in [3.63, 3.8) is 0 Å². The molecule has 0 fully saturated rings. The summed E-state index contributed by atoms with van der Waals surface area (Å²) in [7, 11) is 0. The summed E-state index contributed by atoms with van der Waals surface area (Å²) in [6.07, 6.45) is -4.66. The normalized spacial score (nSPS) is 11.0. The highest BCUT2D eigenvalue weighted by molar-refractivity contribution is 8.00. The Labute approximate surface area is 150 Å². The van der Waals surface area contributed by atoms with Crippen molar-refractivity contribution >= 4 is 35.2 Å². The maximum Gasteiger partial charge on any atom is 0.417 e. The molecule has 2 aromatic rings. The van der Waals surface area contributed by atoms with Crippen LogP contribution in [0.15, 0.2) is 53.4 Å². The third-order valence-corrected chi connectivity index (χ3v) is 4.24. The molecule has 0 aromatic heterocycles. The predicted molar refractivity (Wildman–Crippen MR) is 89.2 cm³/mol. The molecular weight excluding hydrogens is 377 g/mol. The lowest BCUT2D eigenvalue weighted by Gasteiger charge is -2.13. The van der Waals surface area contributed by atoms with E-state index in [9.17, 15) is 22.8 Å². The van der Waals surface area contributed by atoms with E-state index in [0.29, 0.717) is 5.02 Å². The minimum Gasteiger partial charge on any atom is -0.272 e. The summed E-state index contributed by atoms with van der Waals surface area (Å²) in [5.41, 5.74) is 2.43. The first-order valence-electron chi connectivity index (χ1n) is 6.91. The summed E-state index contributed by atoms with van der Waals surface area (Å²) in [6, 6.07) is 11.1. The molecule has 0 unspecified atom stereocenters. The Kier molecular flexibility index (Phi) is 6.33. The monoisotopic (exact) mass is 388 g/mol. The van der Waals surface area contributed by atoms with Crippen molar-refractivity contribution in [2.45, 2.75) is 11.1 Å². The third kappa shape index (κ3) is 5.68. The van der Waals surface area contributed by atoms with Gasteiger partial charge in [0.25, 0.3) is 5.91 Å². The molecule has 9 heteroatoms. The highest BCUT2D eigenvalue weighted by Gasteiger charge is 2.34. The van der Waals surface area contributed by atoms with Crippen LogP contribution in [-0.2, 0) is 11.0 Å². The summed E-state index contributed by atoms with van der Waals surface area (Å²) in [5.74, 6) is -1.63. The molecule has 0 saturated carbocycles. The van der Waals surface area contributed by atoms with Gasteiger partial charge in [-0.3, -0.25) is 20.4 Å². The number of amides is 2. The second-order valence-electron chi connectivity index (χ2n) is 4.79. The van der Waals surface area contributed by atoms with Gasteiger partial charge in [0.15, 0.2) is 0 Å². The second-order valence-corrected chi connectivity index (χ2v) is 6.27. The number of thioether (sulfide) groups is 1. The van der Waals surface area contributed by atoms with Crippen LogP contribution in [0.3, 0.4) is 0 Å². The number of hydrogen-bond acceptors (Lipinski definition) is 3. The van der Waals surface area contributed by atoms with Crippen LogP contribution in [-0.4, -0.2) is 17.6 Å². The van der Waals surface area contributed by atoms with E-state index in [1.54, 1.807) is 24.3 Å². The molecule has 132 valence electrons. The third-order valence-electron chi connectivity index (χ3n) is 2.98. The standard InChI is InChI=1S/C16H12ClF3N2O2S/c17-10-5-7-11(8-6-10)25-9-14(23)21-22-15(24)12-3-1-2-4-13(12)16(18,19)20/h1-8H,9H2,(H,21,23)(H,22,24). The van der Waals surface area contributed by atoms with Gasteiger partial charge in [-0.2, -0.15) is 13.2 Å². The van der Waals surface area contributed by atoms with E-state index in [2.05, 4.69) is 5.43 Å². The number of benzene rings is 2. The van der Waals surface area contributed by atoms with Gasteiger partial charge in [0.05, 0.1) is 16.9 Å². The maximum atomic E-state index is 12.9. The Morgan fingerprint density at radius 3 is 2.28 bits per heavy atom. The molecule has 0 saturated heterocycles. The lowest BCUT2D eigenvalue weighted by molar-refractivity contribution is -0.137. The van der Waals surface area contributed by atoms with Crippen molar-refractivity contribution in [3.05, 3.63) is 64.7 Å². The van der Waals surface area contributed by atoms with Crippen LogP contribution in [0.4, 0.5) is 13.2 Å². The molecule has 0 radical (unpaired) electrons. The van der Waals surface area contributed by atoms with Crippen LogP contribution in [0.25, 0.3) is 0 Å². The van der Waals surface area contributed by atoms with Gasteiger partial charge < -0.3 is 0 Å². The number of alkyl halides is 3. The smallest absolute Gasteiger partial charge is 0.272 e. The molecule has 0 atom stereocenters. The number of nitrogens with one attached hydrogen (secondary N) is 2. The quantitative estimate of drug-likeness (QED) is 0.616. The number of carbonyl (C=O) groups excluding carboxylic acids is 2. The van der Waals surface area contributed by atoms with Crippen molar-refractivity contribution in [1.29, 1.82) is 0 Å². The largest absolute Gasteiger partial charge is 0.417 e. The van der Waals surface area contributed by atoms with Gasteiger partial charge in [0.1, 0.15) is 0 Å². The van der Waals surface area contributed by atoms with Gasteiger partial charge in [0.2, 0.25) is 5.91 Å². The Morgan fingerprint density at radius 1 is 1.00 bits per heavy atom. The van der Waals surface area contributed by atoms with Crippen molar-refractivity contribution in [1.82, 2.24) is 10.9 Å². The number of hydrogen-bond donors (Lipinski definition) is 2. The molecule has 2 N–H and O–H groups in total. The average molecular weight is 389 g/mol. The highest BCUT2D eigenvalue weighted by atomic mass is 35.5. The molecule has 0 heterocycles. The molecule has 0 bridgehead atoms. The van der Waals surface area contributed by atoms with Gasteiger partial charge in [-0.1, -0.05) is 23.7 Å². The Morgan fingerprint density at radius 2 is 1.64 bits per heavy atom. The molecule has 0 aliphatic carbocycles. The van der Waals surface area contributed by atoms with Gasteiger partial charge in [-0.05, 0) is 36.4 Å². The Balaban J connectivity index is 1.89. The Hall–Kier alpha value is -2.19. The minimum absolute atomic E-state index is 0.0250. The van der Waals surface area contributed by atoms with E-state index >= 15 is 0 Å². The van der Waals surface area contributed by atoms with Crippen molar-refractivity contribution in [2.75, 3.05) is 5.75 Å². The summed E-state index contributed by atoms with van der Waals surface area (Å²) >= 11 is 6.94. The van der Waals surface area contributed by atoms with Crippen LogP contribution >= 0.6 is 23.4 Å². The van der Waals surface area contributed by atoms with Gasteiger partial charge >= 0.3 is 6.18 Å². The fourth-order valence-electron chi connectivity index (χ4n) is 1.84. The Bertz CT molecular complexity index is 767. The molecule has 2 amide bonds. The van der Waals surface area contributed by atoms with Crippen LogP contribution in [0, 0.1) is 0 Å². The maximum absolute atomic E-state index is 12.9. The molecule has 2 aromatic carbocycles. The van der Waals surface area contributed by atoms with E-state index < -0.39 is 29.1 Å². The minimum atomic E-state index is -4.66. The zero-order valence-electron chi connectivity index (χ0n) is 12.6. The zero-order valence-corrected chi connectivity index (χ0v) is 14.1. The SMILES string of the molecule is O=C(CSc1ccc(Cl)cc1)NNC(=O)c1ccccc1C(F)(F)F. The topological polar surface area (TPSA) is 58.2 Å². The second kappa shape index (κ2) is 8.26. The van der Waals surface area contributed by atoms with Crippen LogP contribution in [0.2, 0.25) is 5.02 Å². The summed E-state index contributed by atoms with van der Waals surface area (Å²) in [5, 5.41) is 0.560. The molecule has 0 spiro atoms. The molecule has 25 heavy (non-hydrogen) atoms. The van der Waals surface area contributed by atoms with Crippen LogP contribution < -0.4 is 10.9 Å². The first kappa shape index (κ1) is 19.1. The molecule has 4 nitrogen and oxygen atoms in total. The molecule has 0 aliphatic rings.